The van der Waals surface area contributed by atoms with Crippen LogP contribution in [0.1, 0.15) is 40.7 Å². The maximum absolute atomic E-state index is 11.6. The van der Waals surface area contributed by atoms with Crippen molar-refractivity contribution in [3.05, 3.63) is 21.9 Å². The number of nitrogens with zero attached hydrogens (tertiary/aromatic N) is 2. The van der Waals surface area contributed by atoms with Crippen LogP contribution in [-0.4, -0.2) is 60.9 Å². The lowest BCUT2D eigenvalue weighted by Crippen LogP contribution is -2.67. The Morgan fingerprint density at radius 1 is 1.19 bits per heavy atom. The quantitative estimate of drug-likeness (QED) is 0.819. The van der Waals surface area contributed by atoms with Crippen LogP contribution >= 0.6 is 23.7 Å². The van der Waals surface area contributed by atoms with Crippen molar-refractivity contribution in [1.82, 2.24) is 9.80 Å². The summed E-state index contributed by atoms with van der Waals surface area (Å²) in [6, 6.07) is 4.35. The van der Waals surface area contributed by atoms with Crippen LogP contribution in [0.5, 0.6) is 0 Å². The van der Waals surface area contributed by atoms with Crippen LogP contribution in [0.2, 0.25) is 0 Å². The fourth-order valence-corrected chi connectivity index (χ4v) is 6.41. The number of hydrogen-bond acceptors (Lipinski definition) is 5. The zero-order valence-electron chi connectivity index (χ0n) is 15.8. The molecule has 1 saturated carbocycles. The van der Waals surface area contributed by atoms with Gasteiger partial charge in [0.15, 0.2) is 0 Å². The van der Waals surface area contributed by atoms with E-state index >= 15 is 0 Å². The van der Waals surface area contributed by atoms with E-state index in [2.05, 4.69) is 4.90 Å². The molecule has 2 amide bonds. The minimum atomic E-state index is -0.367. The average molecular weight is 414 g/mol. The van der Waals surface area contributed by atoms with Gasteiger partial charge >= 0.3 is 0 Å². The Hall–Kier alpha value is -1.15. The molecule has 0 unspecified atom stereocenters. The van der Waals surface area contributed by atoms with Crippen LogP contribution in [-0.2, 0) is 15.1 Å². The summed E-state index contributed by atoms with van der Waals surface area (Å²) in [6.07, 6.45) is 3.49. The van der Waals surface area contributed by atoms with E-state index in [0.29, 0.717) is 22.8 Å². The second-order valence-electron chi connectivity index (χ2n) is 7.88. The smallest absolute Gasteiger partial charge is 0.258 e. The maximum atomic E-state index is 11.6. The van der Waals surface area contributed by atoms with Crippen LogP contribution in [0.3, 0.4) is 0 Å². The van der Waals surface area contributed by atoms with E-state index in [0.717, 1.165) is 43.9 Å². The number of amides is 2. The lowest BCUT2D eigenvalue weighted by Gasteiger charge is -2.58. The van der Waals surface area contributed by atoms with Gasteiger partial charge in [0, 0.05) is 63.0 Å². The predicted molar refractivity (Wildman–Crippen MR) is 107 cm³/mol. The second kappa shape index (κ2) is 7.70. The van der Waals surface area contributed by atoms with Gasteiger partial charge in [-0.1, -0.05) is 6.42 Å². The summed E-state index contributed by atoms with van der Waals surface area (Å²) in [5, 5.41) is 0. The molecule has 3 atom stereocenters. The zero-order valence-corrected chi connectivity index (χ0v) is 17.5. The molecule has 6 nitrogen and oxygen atoms in total. The lowest BCUT2D eigenvalue weighted by molar-refractivity contribution is -0.180. The number of rotatable bonds is 4. The first-order valence-electron chi connectivity index (χ1n) is 9.40. The SMILES string of the molecule is CO[C@]1(c2ccc(C(N)=O)s2)[C@@H]2CCC[C@H]1CN(C1CN(C(C)=O)C1)C2.Cl. The molecule has 8 heteroatoms. The highest BCUT2D eigenvalue weighted by molar-refractivity contribution is 7.14. The molecule has 2 saturated heterocycles. The molecule has 4 rings (SSSR count). The number of piperidine rings is 1. The topological polar surface area (TPSA) is 75.9 Å². The third kappa shape index (κ3) is 3.28. The van der Waals surface area contributed by atoms with E-state index in [-0.39, 0.29) is 29.8 Å². The molecule has 150 valence electrons. The highest BCUT2D eigenvalue weighted by atomic mass is 35.5. The van der Waals surface area contributed by atoms with Crippen LogP contribution in [0, 0.1) is 11.8 Å². The molecule has 1 aromatic rings. The normalized spacial score (nSPS) is 31.1. The molecule has 27 heavy (non-hydrogen) atoms. The van der Waals surface area contributed by atoms with E-state index in [1.165, 1.54) is 17.8 Å². The summed E-state index contributed by atoms with van der Waals surface area (Å²) < 4.78 is 6.23. The number of carbonyl (C=O) groups excluding carboxylic acids is 2. The molecule has 2 N–H and O–H groups in total. The molecule has 1 aliphatic carbocycles. The molecular weight excluding hydrogens is 386 g/mol. The van der Waals surface area contributed by atoms with Crippen LogP contribution in [0.25, 0.3) is 0 Å². The van der Waals surface area contributed by atoms with Crippen molar-refractivity contribution in [3.8, 4) is 0 Å². The second-order valence-corrected chi connectivity index (χ2v) is 8.97. The first-order valence-corrected chi connectivity index (χ1v) is 10.2. The molecular formula is C19H28ClN3O3S. The largest absolute Gasteiger partial charge is 0.372 e. The third-order valence-electron chi connectivity index (χ3n) is 6.62. The standard InChI is InChI=1S/C19H27N3O3S.ClH/c1-12(23)21-10-15(11-21)22-8-13-4-3-5-14(9-22)19(13,25-2)17-7-6-16(26-17)18(20)24;/h6-7,13-15H,3-5,8-11H2,1-2H3,(H2,20,24);1H/t13-,14+,19-;. The number of methoxy groups -OCH3 is 1. The molecule has 1 aromatic heterocycles. The Bertz CT molecular complexity index is 705. The number of fused-ring (bicyclic) bond motifs is 2. The summed E-state index contributed by atoms with van der Waals surface area (Å²) in [5.74, 6) is 0.618. The Balaban J connectivity index is 0.00000210. The lowest BCUT2D eigenvalue weighted by atomic mass is 9.64. The molecule has 2 aliphatic heterocycles. The summed E-state index contributed by atoms with van der Waals surface area (Å²) in [7, 11) is 1.81. The minimum Gasteiger partial charge on any atom is -0.372 e. The third-order valence-corrected chi connectivity index (χ3v) is 7.86. The number of thiophene rings is 1. The highest BCUT2D eigenvalue weighted by Gasteiger charge is 2.55. The van der Waals surface area contributed by atoms with Crippen molar-refractivity contribution in [2.45, 2.75) is 37.8 Å². The number of primary amides is 1. The van der Waals surface area contributed by atoms with Gasteiger partial charge in [-0.05, 0) is 25.0 Å². The van der Waals surface area contributed by atoms with E-state index < -0.39 is 0 Å². The van der Waals surface area contributed by atoms with Crippen LogP contribution < -0.4 is 5.73 Å². The van der Waals surface area contributed by atoms with Gasteiger partial charge in [-0.15, -0.1) is 23.7 Å². The molecule has 0 radical (unpaired) electrons. The monoisotopic (exact) mass is 413 g/mol. The minimum absolute atomic E-state index is 0. The van der Waals surface area contributed by atoms with Gasteiger partial charge in [0.2, 0.25) is 5.91 Å². The van der Waals surface area contributed by atoms with Gasteiger partial charge in [-0.3, -0.25) is 14.5 Å². The van der Waals surface area contributed by atoms with Crippen molar-refractivity contribution < 1.29 is 14.3 Å². The zero-order chi connectivity index (χ0) is 18.5. The van der Waals surface area contributed by atoms with Crippen molar-refractivity contribution >= 4 is 35.6 Å². The summed E-state index contributed by atoms with van der Waals surface area (Å²) in [5.41, 5.74) is 5.16. The van der Waals surface area contributed by atoms with Crippen LogP contribution in [0.15, 0.2) is 12.1 Å². The highest BCUT2D eigenvalue weighted by Crippen LogP contribution is 2.53. The molecule has 3 heterocycles. The van der Waals surface area contributed by atoms with Gasteiger partial charge < -0.3 is 15.4 Å². The number of carbonyl (C=O) groups is 2. The molecule has 3 fully saturated rings. The van der Waals surface area contributed by atoms with Gasteiger partial charge in [0.05, 0.1) is 4.88 Å². The summed E-state index contributed by atoms with van der Waals surface area (Å²) >= 11 is 1.49. The fourth-order valence-electron chi connectivity index (χ4n) is 5.23. The fraction of sp³-hybridized carbons (Fsp3) is 0.684. The van der Waals surface area contributed by atoms with Crippen molar-refractivity contribution in [2.24, 2.45) is 17.6 Å². The molecule has 0 aromatic carbocycles. The first-order chi connectivity index (χ1) is 12.5. The van der Waals surface area contributed by atoms with Gasteiger partial charge in [-0.2, -0.15) is 0 Å². The number of halogens is 1. The average Bonchev–Trinajstić information content (AvgIpc) is 3.02. The molecule has 2 bridgehead atoms. The summed E-state index contributed by atoms with van der Waals surface area (Å²) in [4.78, 5) is 29.3. The Morgan fingerprint density at radius 2 is 1.81 bits per heavy atom. The maximum Gasteiger partial charge on any atom is 0.258 e. The van der Waals surface area contributed by atoms with Crippen molar-refractivity contribution in [2.75, 3.05) is 33.3 Å². The van der Waals surface area contributed by atoms with E-state index in [1.807, 2.05) is 24.1 Å². The Kier molecular flexibility index (Phi) is 5.87. The Labute approximate surface area is 170 Å². The Morgan fingerprint density at radius 3 is 2.30 bits per heavy atom. The van der Waals surface area contributed by atoms with E-state index in [1.54, 1.807) is 6.92 Å². The summed E-state index contributed by atoms with van der Waals surface area (Å²) in [6.45, 7) is 5.32. The van der Waals surface area contributed by atoms with Crippen molar-refractivity contribution in [3.63, 3.8) is 0 Å². The number of likely N-dealkylation sites (tertiary alicyclic amines) is 2. The molecule has 0 spiro atoms. The van der Waals surface area contributed by atoms with Gasteiger partial charge in [0.25, 0.3) is 5.91 Å². The number of hydrogen-bond donors (Lipinski definition) is 1. The number of nitrogens with two attached hydrogens (primary N) is 1. The van der Waals surface area contributed by atoms with Gasteiger partial charge in [-0.25, -0.2) is 0 Å². The van der Waals surface area contributed by atoms with E-state index in [4.69, 9.17) is 10.5 Å². The molecule has 3 aliphatic rings. The van der Waals surface area contributed by atoms with E-state index in [9.17, 15) is 9.59 Å². The number of ether oxygens (including phenoxy) is 1. The van der Waals surface area contributed by atoms with Crippen molar-refractivity contribution in [1.29, 1.82) is 0 Å². The first kappa shape index (κ1) is 20.6. The van der Waals surface area contributed by atoms with Gasteiger partial charge in [0.1, 0.15) is 5.60 Å². The predicted octanol–water partition coefficient (Wildman–Crippen LogP) is 2.07. The van der Waals surface area contributed by atoms with Crippen LogP contribution in [0.4, 0.5) is 0 Å².